The molecule has 1 heterocycles. The molecule has 0 radical (unpaired) electrons. The van der Waals surface area contributed by atoms with Crippen LogP contribution in [0, 0.1) is 30.5 Å². The van der Waals surface area contributed by atoms with Crippen LogP contribution in [0.1, 0.15) is 53.2 Å². The number of halogens is 1. The maximum absolute atomic E-state index is 15.5. The fourth-order valence-corrected chi connectivity index (χ4v) is 7.40. The number of Topliss-reactive ketones (excluding diaryl/α,β-unsaturated/α-hetero) is 1. The lowest BCUT2D eigenvalue weighted by molar-refractivity contribution is -0.117. The Morgan fingerprint density at radius 1 is 1.25 bits per heavy atom. The molecule has 4 unspecified atom stereocenters. The molecule has 0 saturated carbocycles. The van der Waals surface area contributed by atoms with Crippen molar-refractivity contribution in [3.8, 4) is 0 Å². The van der Waals surface area contributed by atoms with Gasteiger partial charge in [-0.25, -0.2) is 4.39 Å². The number of ketones is 1. The summed E-state index contributed by atoms with van der Waals surface area (Å²) in [6.07, 6.45) is 5.74. The first-order chi connectivity index (χ1) is 17.1. The van der Waals surface area contributed by atoms with Gasteiger partial charge in [-0.15, -0.1) is 0 Å². The van der Waals surface area contributed by atoms with Crippen molar-refractivity contribution in [1.29, 1.82) is 0 Å². The number of likely N-dealkylation sites (N-methyl/N-ethyl adjacent to an activating group) is 2. The molecular formula is C30H38FN3O2. The van der Waals surface area contributed by atoms with Crippen LogP contribution in [0.4, 0.5) is 4.39 Å². The van der Waals surface area contributed by atoms with E-state index in [4.69, 9.17) is 0 Å². The lowest BCUT2D eigenvalue weighted by Crippen LogP contribution is -2.48. The van der Waals surface area contributed by atoms with Gasteiger partial charge in [-0.05, 0) is 112 Å². The number of rotatable bonds is 4. The fraction of sp³-hybridized carbons (Fsp3) is 0.533. The molecule has 3 aliphatic carbocycles. The van der Waals surface area contributed by atoms with Crippen molar-refractivity contribution in [1.82, 2.24) is 15.1 Å². The minimum atomic E-state index is -0.241. The minimum absolute atomic E-state index is 0.0193. The Balaban J connectivity index is 1.56. The lowest BCUT2D eigenvalue weighted by atomic mass is 9.60. The van der Waals surface area contributed by atoms with Gasteiger partial charge in [0, 0.05) is 42.3 Å². The standard InChI is InChI=1S/C30H38FN3O2/c1-16-20(15-34-9-7-8-10-34)13-25(31)24-12-19-11-23-21(14-22(19)29(35)27(16)24)17(2)26(30(36)32-4)18(3)28(23)33(5)6/h13-14,19,21,23,28H,2,7-12,15H2,1,3-6H3,(H,32,36). The van der Waals surface area contributed by atoms with E-state index in [1.165, 1.54) is 12.8 Å². The molecule has 1 amide bonds. The second kappa shape index (κ2) is 9.38. The summed E-state index contributed by atoms with van der Waals surface area (Å²) in [6.45, 7) is 11.1. The number of carbonyl (C=O) groups excluding carboxylic acids is 2. The Bertz CT molecular complexity index is 1210. The van der Waals surface area contributed by atoms with Gasteiger partial charge in [0.1, 0.15) is 5.82 Å². The summed E-state index contributed by atoms with van der Waals surface area (Å²) in [5.41, 5.74) is 6.20. The van der Waals surface area contributed by atoms with E-state index in [2.05, 4.69) is 27.8 Å². The van der Waals surface area contributed by atoms with Gasteiger partial charge < -0.3 is 10.2 Å². The molecule has 6 heteroatoms. The molecule has 1 N–H and O–H groups in total. The van der Waals surface area contributed by atoms with Gasteiger partial charge in [0.2, 0.25) is 0 Å². The molecule has 4 atom stereocenters. The third-order valence-corrected chi connectivity index (χ3v) is 9.07. The largest absolute Gasteiger partial charge is 0.355 e. The summed E-state index contributed by atoms with van der Waals surface area (Å²) < 4.78 is 15.5. The molecule has 1 aromatic rings. The van der Waals surface area contributed by atoms with Crippen molar-refractivity contribution in [3.05, 3.63) is 69.1 Å². The van der Waals surface area contributed by atoms with Crippen LogP contribution in [0.25, 0.3) is 0 Å². The molecule has 1 saturated heterocycles. The fourth-order valence-electron chi connectivity index (χ4n) is 7.40. The third kappa shape index (κ3) is 3.90. The zero-order chi connectivity index (χ0) is 25.9. The first-order valence-corrected chi connectivity index (χ1v) is 13.2. The predicted octanol–water partition coefficient (Wildman–Crippen LogP) is 4.21. The number of nitrogens with zero attached hydrogens (tertiary/aromatic N) is 2. The van der Waals surface area contributed by atoms with Crippen LogP contribution >= 0.6 is 0 Å². The Labute approximate surface area is 214 Å². The van der Waals surface area contributed by atoms with E-state index in [9.17, 15) is 9.59 Å². The van der Waals surface area contributed by atoms with Crippen molar-refractivity contribution in [2.75, 3.05) is 34.2 Å². The Morgan fingerprint density at radius 3 is 2.58 bits per heavy atom. The van der Waals surface area contributed by atoms with E-state index < -0.39 is 0 Å². The van der Waals surface area contributed by atoms with Crippen molar-refractivity contribution in [3.63, 3.8) is 0 Å². The Morgan fingerprint density at radius 2 is 1.94 bits per heavy atom. The highest BCUT2D eigenvalue weighted by Crippen LogP contribution is 2.50. The van der Waals surface area contributed by atoms with Crippen molar-refractivity contribution < 1.29 is 14.0 Å². The van der Waals surface area contributed by atoms with Crippen molar-refractivity contribution >= 4 is 11.7 Å². The number of carbonyl (C=O) groups is 2. The van der Waals surface area contributed by atoms with E-state index in [1.54, 1.807) is 13.1 Å². The summed E-state index contributed by atoms with van der Waals surface area (Å²) >= 11 is 0. The quantitative estimate of drug-likeness (QED) is 0.686. The van der Waals surface area contributed by atoms with Crippen molar-refractivity contribution in [2.24, 2.45) is 17.8 Å². The number of hydrogen-bond donors (Lipinski definition) is 1. The summed E-state index contributed by atoms with van der Waals surface area (Å²) in [5.74, 6) is -0.344. The molecule has 0 spiro atoms. The summed E-state index contributed by atoms with van der Waals surface area (Å²) in [4.78, 5) is 31.3. The smallest absolute Gasteiger partial charge is 0.251 e. The summed E-state index contributed by atoms with van der Waals surface area (Å²) in [7, 11) is 5.71. The number of nitrogens with one attached hydrogen (secondary N) is 1. The van der Waals surface area contributed by atoms with E-state index in [1.807, 2.05) is 27.9 Å². The Hall–Kier alpha value is -2.57. The number of likely N-dealkylation sites (tertiary alicyclic amines) is 1. The first kappa shape index (κ1) is 25.1. The van der Waals surface area contributed by atoms with Crippen LogP contribution in [0.3, 0.4) is 0 Å². The molecular weight excluding hydrogens is 453 g/mol. The number of allylic oxidation sites excluding steroid dienone is 2. The highest BCUT2D eigenvalue weighted by molar-refractivity contribution is 6.12. The summed E-state index contributed by atoms with van der Waals surface area (Å²) in [5, 5.41) is 2.77. The molecule has 192 valence electrons. The number of benzene rings is 1. The summed E-state index contributed by atoms with van der Waals surface area (Å²) in [6, 6.07) is 1.73. The molecule has 4 aliphatic rings. The SMILES string of the molecule is C=C1C(C(=O)NC)=C(C)C(N(C)C)C2CC3Cc4c(F)cc(CN5CCCC5)c(C)c4C(=O)C3=CC12. The van der Waals surface area contributed by atoms with E-state index in [-0.39, 0.29) is 41.3 Å². The number of hydrogen-bond acceptors (Lipinski definition) is 4. The highest BCUT2D eigenvalue weighted by atomic mass is 19.1. The van der Waals surface area contributed by atoms with Gasteiger partial charge in [0.15, 0.2) is 5.78 Å². The van der Waals surface area contributed by atoms with Crippen LogP contribution in [-0.2, 0) is 17.8 Å². The maximum atomic E-state index is 15.5. The zero-order valence-electron chi connectivity index (χ0n) is 22.2. The van der Waals surface area contributed by atoms with E-state index in [0.717, 1.165) is 47.4 Å². The van der Waals surface area contributed by atoms with Crippen LogP contribution in [0.2, 0.25) is 0 Å². The van der Waals surface area contributed by atoms with Crippen LogP contribution in [0.15, 0.2) is 41.0 Å². The lowest BCUT2D eigenvalue weighted by Gasteiger charge is -2.48. The van der Waals surface area contributed by atoms with E-state index >= 15 is 4.39 Å². The highest BCUT2D eigenvalue weighted by Gasteiger charge is 2.47. The average molecular weight is 492 g/mol. The Kier molecular flexibility index (Phi) is 6.54. The topological polar surface area (TPSA) is 52.7 Å². The molecule has 36 heavy (non-hydrogen) atoms. The normalized spacial score (nSPS) is 28.1. The third-order valence-electron chi connectivity index (χ3n) is 9.07. The molecule has 5 nitrogen and oxygen atoms in total. The molecule has 1 fully saturated rings. The van der Waals surface area contributed by atoms with Crippen LogP contribution in [0.5, 0.6) is 0 Å². The maximum Gasteiger partial charge on any atom is 0.251 e. The van der Waals surface area contributed by atoms with Crippen LogP contribution in [-0.4, -0.2) is 61.8 Å². The molecule has 5 rings (SSSR count). The monoisotopic (exact) mass is 491 g/mol. The molecule has 1 aliphatic heterocycles. The van der Waals surface area contributed by atoms with Gasteiger partial charge in [-0.1, -0.05) is 12.7 Å². The van der Waals surface area contributed by atoms with Crippen LogP contribution < -0.4 is 5.32 Å². The second-order valence-corrected chi connectivity index (χ2v) is 11.3. The molecule has 0 aromatic heterocycles. The van der Waals surface area contributed by atoms with Crippen molar-refractivity contribution in [2.45, 2.75) is 52.1 Å². The number of amides is 1. The minimum Gasteiger partial charge on any atom is -0.355 e. The predicted molar refractivity (Wildman–Crippen MR) is 140 cm³/mol. The van der Waals surface area contributed by atoms with E-state index in [0.29, 0.717) is 29.7 Å². The van der Waals surface area contributed by atoms with Gasteiger partial charge in [-0.2, -0.15) is 0 Å². The van der Waals surface area contributed by atoms with Gasteiger partial charge in [-0.3, -0.25) is 14.5 Å². The van der Waals surface area contributed by atoms with Gasteiger partial charge in [0.25, 0.3) is 5.91 Å². The van der Waals surface area contributed by atoms with Gasteiger partial charge in [0.05, 0.1) is 0 Å². The zero-order valence-corrected chi connectivity index (χ0v) is 22.2. The number of fused-ring (bicyclic) bond motifs is 3. The first-order valence-electron chi connectivity index (χ1n) is 13.2. The average Bonchev–Trinajstić information content (AvgIpc) is 3.34. The van der Waals surface area contributed by atoms with Gasteiger partial charge >= 0.3 is 0 Å². The second-order valence-electron chi connectivity index (χ2n) is 11.3. The molecule has 1 aromatic carbocycles. The molecule has 0 bridgehead atoms.